The maximum absolute atomic E-state index is 13.5. The molecule has 0 fully saturated rings. The van der Waals surface area contributed by atoms with E-state index in [9.17, 15) is 29.1 Å². The SMILES string of the molecule is CC[C@H](C)[C@H](NC(=O)[C@H](CC(C)C)NC(=O)[C@@H](N)CCCCN)C(=O)N[C@@H](CCSC)C(=O)N[C@H](C(=O)O)C(C)C. The molecule has 0 spiro atoms. The van der Waals surface area contributed by atoms with E-state index >= 15 is 0 Å². The second-order valence-electron chi connectivity index (χ2n) is 11.4. The van der Waals surface area contributed by atoms with Gasteiger partial charge >= 0.3 is 5.97 Å². The van der Waals surface area contributed by atoms with Crippen molar-refractivity contribution < 1.29 is 29.1 Å². The monoisotopic (exact) mass is 602 g/mol. The van der Waals surface area contributed by atoms with Crippen LogP contribution < -0.4 is 32.7 Å². The van der Waals surface area contributed by atoms with E-state index < -0.39 is 59.8 Å². The Bertz CT molecular complexity index is 843. The highest BCUT2D eigenvalue weighted by Crippen LogP contribution is 2.13. The van der Waals surface area contributed by atoms with Crippen molar-refractivity contribution in [1.29, 1.82) is 0 Å². The summed E-state index contributed by atoms with van der Waals surface area (Å²) in [5.74, 6) is -3.32. The van der Waals surface area contributed by atoms with Crippen molar-refractivity contribution >= 4 is 41.4 Å². The predicted molar refractivity (Wildman–Crippen MR) is 163 cm³/mol. The highest BCUT2D eigenvalue weighted by molar-refractivity contribution is 7.98. The summed E-state index contributed by atoms with van der Waals surface area (Å²) in [4.78, 5) is 64.3. The van der Waals surface area contributed by atoms with E-state index in [1.807, 2.05) is 34.0 Å². The van der Waals surface area contributed by atoms with Gasteiger partial charge in [-0.25, -0.2) is 4.79 Å². The summed E-state index contributed by atoms with van der Waals surface area (Å²) >= 11 is 1.49. The van der Waals surface area contributed by atoms with Crippen molar-refractivity contribution in [2.45, 2.75) is 110 Å². The summed E-state index contributed by atoms with van der Waals surface area (Å²) in [5, 5.41) is 20.3. The average Bonchev–Trinajstić information content (AvgIpc) is 2.90. The zero-order chi connectivity index (χ0) is 31.7. The molecule has 0 bridgehead atoms. The Morgan fingerprint density at radius 1 is 0.780 bits per heavy atom. The fourth-order valence-corrected chi connectivity index (χ4v) is 4.58. The molecule has 9 N–H and O–H groups in total. The van der Waals surface area contributed by atoms with Crippen LogP contribution in [-0.4, -0.2) is 83.5 Å². The number of carbonyl (C=O) groups excluding carboxylic acids is 4. The van der Waals surface area contributed by atoms with Crippen LogP contribution in [0.2, 0.25) is 0 Å². The molecule has 0 radical (unpaired) electrons. The van der Waals surface area contributed by atoms with Gasteiger partial charge in [-0.05, 0) is 62.0 Å². The predicted octanol–water partition coefficient (Wildman–Crippen LogP) is 0.968. The van der Waals surface area contributed by atoms with Crippen LogP contribution in [0.25, 0.3) is 0 Å². The third kappa shape index (κ3) is 14.9. The summed E-state index contributed by atoms with van der Waals surface area (Å²) in [6, 6.07) is -4.77. The molecule has 0 aromatic carbocycles. The largest absolute Gasteiger partial charge is 0.480 e. The Balaban J connectivity index is 5.80. The number of hydrogen-bond donors (Lipinski definition) is 7. The summed E-state index contributed by atoms with van der Waals surface area (Å²) in [6.45, 7) is 11.4. The molecule has 0 rings (SSSR count). The first-order valence-corrected chi connectivity index (χ1v) is 16.0. The van der Waals surface area contributed by atoms with E-state index in [0.717, 1.165) is 6.42 Å². The molecule has 238 valence electrons. The number of rotatable bonds is 21. The molecule has 0 aliphatic heterocycles. The third-order valence-corrected chi connectivity index (χ3v) is 7.56. The van der Waals surface area contributed by atoms with Crippen LogP contribution in [0.15, 0.2) is 0 Å². The summed E-state index contributed by atoms with van der Waals surface area (Å²) in [5.41, 5.74) is 11.5. The van der Waals surface area contributed by atoms with Crippen molar-refractivity contribution in [3.05, 3.63) is 0 Å². The molecular weight excluding hydrogens is 548 g/mol. The van der Waals surface area contributed by atoms with Crippen LogP contribution in [-0.2, 0) is 24.0 Å². The number of carboxylic acids is 1. The van der Waals surface area contributed by atoms with Gasteiger partial charge in [0.05, 0.1) is 6.04 Å². The third-order valence-electron chi connectivity index (χ3n) is 6.91. The second kappa shape index (κ2) is 20.5. The molecule has 13 heteroatoms. The Labute approximate surface area is 249 Å². The molecule has 0 aromatic heterocycles. The smallest absolute Gasteiger partial charge is 0.326 e. The Morgan fingerprint density at radius 2 is 1.34 bits per heavy atom. The maximum Gasteiger partial charge on any atom is 0.326 e. The summed E-state index contributed by atoms with van der Waals surface area (Å²) in [6.07, 6.45) is 4.91. The first-order chi connectivity index (χ1) is 19.2. The Kier molecular flexibility index (Phi) is 19.3. The minimum atomic E-state index is -1.16. The fourth-order valence-electron chi connectivity index (χ4n) is 4.11. The van der Waals surface area contributed by atoms with E-state index in [4.69, 9.17) is 11.5 Å². The van der Waals surface area contributed by atoms with Crippen LogP contribution in [0.5, 0.6) is 0 Å². The van der Waals surface area contributed by atoms with E-state index in [0.29, 0.717) is 38.0 Å². The second-order valence-corrected chi connectivity index (χ2v) is 12.4. The molecule has 0 saturated carbocycles. The first kappa shape index (κ1) is 38.6. The fraction of sp³-hybridized carbons (Fsp3) is 0.821. The number of unbranched alkanes of at least 4 members (excludes halogenated alkanes) is 1. The Hall–Kier alpha value is -2.38. The normalized spacial score (nSPS) is 15.8. The standard InChI is InChI=1S/C28H54N6O6S/c1-8-18(6)23(27(38)31-20(12-14-41-7)25(36)33-22(17(4)5)28(39)40)34-26(37)21(15-16(2)3)32-24(35)19(30)11-9-10-13-29/h16-23H,8-15,29-30H2,1-7H3,(H,31,38)(H,32,35)(H,33,36)(H,34,37)(H,39,40)/t18-,19-,20-,21-,22-,23-/m0/s1. The topological polar surface area (TPSA) is 206 Å². The van der Waals surface area contributed by atoms with Gasteiger partial charge in [0.15, 0.2) is 0 Å². The number of nitrogens with one attached hydrogen (secondary N) is 4. The number of nitrogens with two attached hydrogens (primary N) is 2. The molecule has 0 aromatic rings. The van der Waals surface area contributed by atoms with E-state index in [1.165, 1.54) is 11.8 Å². The average molecular weight is 603 g/mol. The van der Waals surface area contributed by atoms with Crippen molar-refractivity contribution in [1.82, 2.24) is 21.3 Å². The van der Waals surface area contributed by atoms with Gasteiger partial charge in [0.25, 0.3) is 0 Å². The van der Waals surface area contributed by atoms with Crippen LogP contribution >= 0.6 is 11.8 Å². The zero-order valence-electron chi connectivity index (χ0n) is 25.8. The molecule has 0 unspecified atom stereocenters. The van der Waals surface area contributed by atoms with Gasteiger partial charge in [0, 0.05) is 0 Å². The van der Waals surface area contributed by atoms with Crippen molar-refractivity contribution in [2.75, 3.05) is 18.6 Å². The molecule has 0 saturated heterocycles. The number of thioether (sulfide) groups is 1. The lowest BCUT2D eigenvalue weighted by Crippen LogP contribution is -2.60. The van der Waals surface area contributed by atoms with Crippen molar-refractivity contribution in [2.24, 2.45) is 29.2 Å². The number of carbonyl (C=O) groups is 5. The molecule has 0 heterocycles. The van der Waals surface area contributed by atoms with Gasteiger partial charge in [-0.15, -0.1) is 0 Å². The number of carboxylic acid groups (broad SMARTS) is 1. The number of hydrogen-bond acceptors (Lipinski definition) is 8. The molecule has 0 aliphatic rings. The molecule has 6 atom stereocenters. The summed E-state index contributed by atoms with van der Waals surface area (Å²) in [7, 11) is 0. The quantitative estimate of drug-likeness (QED) is 0.0933. The number of amides is 4. The molecular formula is C28H54N6O6S. The lowest BCUT2D eigenvalue weighted by Gasteiger charge is -2.29. The van der Waals surface area contributed by atoms with Crippen LogP contribution in [0.1, 0.15) is 80.1 Å². The van der Waals surface area contributed by atoms with Crippen molar-refractivity contribution in [3.63, 3.8) is 0 Å². The van der Waals surface area contributed by atoms with Gasteiger partial charge in [0.2, 0.25) is 23.6 Å². The van der Waals surface area contributed by atoms with E-state index in [2.05, 4.69) is 21.3 Å². The first-order valence-electron chi connectivity index (χ1n) is 14.6. The highest BCUT2D eigenvalue weighted by atomic mass is 32.2. The van der Waals surface area contributed by atoms with E-state index in [-0.39, 0.29) is 24.2 Å². The highest BCUT2D eigenvalue weighted by Gasteiger charge is 2.34. The van der Waals surface area contributed by atoms with Gasteiger partial charge in [-0.1, -0.05) is 54.4 Å². The van der Waals surface area contributed by atoms with Gasteiger partial charge in [0.1, 0.15) is 24.2 Å². The van der Waals surface area contributed by atoms with Crippen LogP contribution in [0.4, 0.5) is 0 Å². The van der Waals surface area contributed by atoms with E-state index in [1.54, 1.807) is 13.8 Å². The van der Waals surface area contributed by atoms with Gasteiger partial charge < -0.3 is 37.8 Å². The zero-order valence-corrected chi connectivity index (χ0v) is 26.6. The lowest BCUT2D eigenvalue weighted by atomic mass is 9.96. The molecule has 0 aliphatic carbocycles. The number of aliphatic carboxylic acids is 1. The molecule has 41 heavy (non-hydrogen) atoms. The summed E-state index contributed by atoms with van der Waals surface area (Å²) < 4.78 is 0. The van der Waals surface area contributed by atoms with Gasteiger partial charge in [-0.2, -0.15) is 11.8 Å². The van der Waals surface area contributed by atoms with Gasteiger partial charge in [-0.3, -0.25) is 19.2 Å². The molecule has 4 amide bonds. The minimum Gasteiger partial charge on any atom is -0.480 e. The minimum absolute atomic E-state index is 0.0677. The van der Waals surface area contributed by atoms with Crippen LogP contribution in [0, 0.1) is 17.8 Å². The maximum atomic E-state index is 13.5. The van der Waals surface area contributed by atoms with Crippen LogP contribution in [0.3, 0.4) is 0 Å². The Morgan fingerprint density at radius 3 is 1.83 bits per heavy atom. The lowest BCUT2D eigenvalue weighted by molar-refractivity contribution is -0.143. The molecule has 12 nitrogen and oxygen atoms in total. The van der Waals surface area contributed by atoms with Crippen molar-refractivity contribution in [3.8, 4) is 0 Å².